The summed E-state index contributed by atoms with van der Waals surface area (Å²) < 4.78 is 0. The summed E-state index contributed by atoms with van der Waals surface area (Å²) in [5, 5.41) is 0. The van der Waals surface area contributed by atoms with Gasteiger partial charge in [0.25, 0.3) is 0 Å². The summed E-state index contributed by atoms with van der Waals surface area (Å²) in [4.78, 5) is 0. The summed E-state index contributed by atoms with van der Waals surface area (Å²) in [7, 11) is 0. The van der Waals surface area contributed by atoms with Crippen LogP contribution >= 0.6 is 0 Å². The quantitative estimate of drug-likeness (QED) is 0.513. The van der Waals surface area contributed by atoms with Gasteiger partial charge in [0.15, 0.2) is 0 Å². The molecule has 0 N–H and O–H groups in total. The van der Waals surface area contributed by atoms with E-state index in [-0.39, 0.29) is 0 Å². The summed E-state index contributed by atoms with van der Waals surface area (Å²) in [6.45, 7) is 9.42. The van der Waals surface area contributed by atoms with Crippen LogP contribution in [-0.2, 0) is 0 Å². The highest BCUT2D eigenvalue weighted by atomic mass is 14.3. The molecule has 0 aromatic rings. The normalized spacial score (nSPS) is 31.6. The first-order valence-corrected chi connectivity index (χ1v) is 5.20. The molecule has 0 bridgehead atoms. The number of rotatable bonds is 1. The Morgan fingerprint density at radius 3 is 2.67 bits per heavy atom. The lowest BCUT2D eigenvalue weighted by molar-refractivity contribution is 0.201. The molecule has 0 heteroatoms. The smallest absolute Gasteiger partial charge is 0.0268 e. The molecule has 1 rings (SSSR count). The van der Waals surface area contributed by atoms with Crippen LogP contribution in [0.15, 0.2) is 11.6 Å². The first-order chi connectivity index (χ1) is 5.54. The second kappa shape index (κ2) is 3.64. The number of allylic oxidation sites excluding steroid dienone is 2. The zero-order valence-electron chi connectivity index (χ0n) is 8.98. The molecule has 1 unspecified atom stereocenters. The van der Waals surface area contributed by atoms with Gasteiger partial charge in [-0.2, -0.15) is 0 Å². The highest BCUT2D eigenvalue weighted by molar-refractivity contribution is 5.03. The van der Waals surface area contributed by atoms with Gasteiger partial charge in [0.1, 0.15) is 0 Å². The minimum atomic E-state index is 0.567. The third-order valence-corrected chi connectivity index (χ3v) is 3.63. The van der Waals surface area contributed by atoms with E-state index in [1.165, 1.54) is 25.7 Å². The van der Waals surface area contributed by atoms with Gasteiger partial charge < -0.3 is 0 Å². The van der Waals surface area contributed by atoms with E-state index < -0.39 is 0 Å². The minimum absolute atomic E-state index is 0.567. The molecule has 0 saturated heterocycles. The fraction of sp³-hybridized carbons (Fsp3) is 0.833. The predicted molar refractivity (Wildman–Crippen MR) is 55.2 cm³/mol. The topological polar surface area (TPSA) is 0 Å². The third-order valence-electron chi connectivity index (χ3n) is 3.63. The van der Waals surface area contributed by atoms with Crippen LogP contribution in [0.3, 0.4) is 0 Å². The second-order valence-corrected chi connectivity index (χ2v) is 4.92. The molecular formula is C12H22. The van der Waals surface area contributed by atoms with Crippen molar-refractivity contribution in [1.29, 1.82) is 0 Å². The lowest BCUT2D eigenvalue weighted by Crippen LogP contribution is -2.21. The zero-order valence-corrected chi connectivity index (χ0v) is 8.98. The van der Waals surface area contributed by atoms with Gasteiger partial charge in [0.05, 0.1) is 0 Å². The maximum Gasteiger partial charge on any atom is -0.0268 e. The van der Waals surface area contributed by atoms with Gasteiger partial charge >= 0.3 is 0 Å². The highest BCUT2D eigenvalue weighted by Crippen LogP contribution is 2.39. The Hall–Kier alpha value is -0.260. The van der Waals surface area contributed by atoms with Crippen molar-refractivity contribution in [3.05, 3.63) is 11.6 Å². The van der Waals surface area contributed by atoms with Gasteiger partial charge in [-0.15, -0.1) is 0 Å². The lowest BCUT2D eigenvalue weighted by Gasteiger charge is -2.31. The van der Waals surface area contributed by atoms with Crippen LogP contribution in [0.5, 0.6) is 0 Å². The molecule has 12 heavy (non-hydrogen) atoms. The van der Waals surface area contributed by atoms with E-state index in [2.05, 4.69) is 33.8 Å². The molecule has 0 radical (unpaired) electrons. The lowest BCUT2D eigenvalue weighted by atomic mass is 9.74. The largest absolute Gasteiger partial charge is 0.0851 e. The van der Waals surface area contributed by atoms with Gasteiger partial charge in [-0.25, -0.2) is 0 Å². The third kappa shape index (κ3) is 2.12. The van der Waals surface area contributed by atoms with E-state index in [9.17, 15) is 0 Å². The van der Waals surface area contributed by atoms with Crippen molar-refractivity contribution < 1.29 is 0 Å². The van der Waals surface area contributed by atoms with E-state index in [0.717, 1.165) is 5.92 Å². The zero-order chi connectivity index (χ0) is 9.19. The predicted octanol–water partition coefficient (Wildman–Crippen LogP) is 4.17. The van der Waals surface area contributed by atoms with Crippen LogP contribution in [0.2, 0.25) is 0 Å². The summed E-state index contributed by atoms with van der Waals surface area (Å²) in [6, 6.07) is 0. The molecule has 1 aliphatic carbocycles. The van der Waals surface area contributed by atoms with Crippen LogP contribution in [0, 0.1) is 11.3 Å². The van der Waals surface area contributed by atoms with Crippen molar-refractivity contribution in [2.45, 2.75) is 53.4 Å². The van der Waals surface area contributed by atoms with Crippen molar-refractivity contribution in [2.75, 3.05) is 0 Å². The first kappa shape index (κ1) is 9.83. The van der Waals surface area contributed by atoms with Crippen molar-refractivity contribution in [1.82, 2.24) is 0 Å². The van der Waals surface area contributed by atoms with Gasteiger partial charge in [-0.3, -0.25) is 0 Å². The fourth-order valence-electron chi connectivity index (χ4n) is 1.91. The van der Waals surface area contributed by atoms with Crippen molar-refractivity contribution in [3.63, 3.8) is 0 Å². The van der Waals surface area contributed by atoms with E-state index in [1.54, 1.807) is 5.57 Å². The SMILES string of the molecule is CC1=CCC(C)(C(C)C)CCC1. The molecular weight excluding hydrogens is 144 g/mol. The van der Waals surface area contributed by atoms with Gasteiger partial charge in [0, 0.05) is 0 Å². The van der Waals surface area contributed by atoms with Crippen molar-refractivity contribution in [2.24, 2.45) is 11.3 Å². The van der Waals surface area contributed by atoms with Crippen LogP contribution in [0.1, 0.15) is 53.4 Å². The Balaban J connectivity index is 2.68. The molecule has 0 aromatic heterocycles. The average Bonchev–Trinajstić information content (AvgIpc) is 2.15. The summed E-state index contributed by atoms with van der Waals surface area (Å²) in [5.41, 5.74) is 2.16. The molecule has 0 aliphatic heterocycles. The van der Waals surface area contributed by atoms with Crippen molar-refractivity contribution in [3.8, 4) is 0 Å². The molecule has 0 fully saturated rings. The Labute approximate surface area is 77.1 Å². The minimum Gasteiger partial charge on any atom is -0.0851 e. The summed E-state index contributed by atoms with van der Waals surface area (Å²) in [5.74, 6) is 0.819. The molecule has 70 valence electrons. The number of hydrogen-bond donors (Lipinski definition) is 0. The van der Waals surface area contributed by atoms with Gasteiger partial charge in [-0.1, -0.05) is 32.4 Å². The summed E-state index contributed by atoms with van der Waals surface area (Å²) >= 11 is 0. The first-order valence-electron chi connectivity index (χ1n) is 5.20. The van der Waals surface area contributed by atoms with Crippen LogP contribution < -0.4 is 0 Å². The van der Waals surface area contributed by atoms with E-state index >= 15 is 0 Å². The Morgan fingerprint density at radius 2 is 2.08 bits per heavy atom. The molecule has 0 nitrogen and oxygen atoms in total. The molecule has 0 saturated carbocycles. The molecule has 1 aliphatic rings. The Kier molecular flexibility index (Phi) is 2.98. The maximum atomic E-state index is 2.45. The highest BCUT2D eigenvalue weighted by Gasteiger charge is 2.27. The van der Waals surface area contributed by atoms with E-state index in [4.69, 9.17) is 0 Å². The van der Waals surface area contributed by atoms with E-state index in [0.29, 0.717) is 5.41 Å². The molecule has 0 aromatic carbocycles. The molecule has 0 amide bonds. The van der Waals surface area contributed by atoms with Crippen molar-refractivity contribution >= 4 is 0 Å². The maximum absolute atomic E-state index is 2.45. The summed E-state index contributed by atoms with van der Waals surface area (Å²) in [6.07, 6.45) is 7.85. The Morgan fingerprint density at radius 1 is 1.42 bits per heavy atom. The second-order valence-electron chi connectivity index (χ2n) is 4.92. The molecule has 0 heterocycles. The standard InChI is InChI=1S/C12H22/c1-10(2)12(4)8-5-6-11(3)7-9-12/h7,10H,5-6,8-9H2,1-4H3. The van der Waals surface area contributed by atoms with Crippen LogP contribution in [0.25, 0.3) is 0 Å². The molecule has 0 spiro atoms. The van der Waals surface area contributed by atoms with Gasteiger partial charge in [0.2, 0.25) is 0 Å². The monoisotopic (exact) mass is 166 g/mol. The Bertz CT molecular complexity index is 176. The van der Waals surface area contributed by atoms with Crippen LogP contribution in [0.4, 0.5) is 0 Å². The number of hydrogen-bond acceptors (Lipinski definition) is 0. The molecule has 1 atom stereocenters. The van der Waals surface area contributed by atoms with E-state index in [1.807, 2.05) is 0 Å². The fourth-order valence-corrected chi connectivity index (χ4v) is 1.91. The van der Waals surface area contributed by atoms with Crippen LogP contribution in [-0.4, -0.2) is 0 Å². The average molecular weight is 166 g/mol. The van der Waals surface area contributed by atoms with Gasteiger partial charge in [-0.05, 0) is 43.9 Å².